The summed E-state index contributed by atoms with van der Waals surface area (Å²) in [7, 11) is 1.76. The number of fused-ring (bicyclic) bond motifs is 3. The van der Waals surface area contributed by atoms with Crippen molar-refractivity contribution in [2.75, 3.05) is 7.11 Å². The van der Waals surface area contributed by atoms with Crippen LogP contribution in [0.1, 0.15) is 30.1 Å². The van der Waals surface area contributed by atoms with E-state index in [-0.39, 0.29) is 6.10 Å². The van der Waals surface area contributed by atoms with Crippen LogP contribution in [0.25, 0.3) is 28.4 Å². The Hall–Kier alpha value is -3.12. The molecular weight excluding hydrogens is 338 g/mol. The van der Waals surface area contributed by atoms with E-state index in [0.29, 0.717) is 0 Å². The molecule has 0 fully saturated rings. The number of benzene rings is 1. The second kappa shape index (κ2) is 6.55. The highest BCUT2D eigenvalue weighted by atomic mass is 16.5. The fourth-order valence-corrected chi connectivity index (χ4v) is 3.88. The monoisotopic (exact) mass is 357 g/mol. The first kappa shape index (κ1) is 16.1. The molecule has 1 aliphatic rings. The van der Waals surface area contributed by atoms with Gasteiger partial charge in [0.25, 0.3) is 0 Å². The number of ether oxygens (including phenoxy) is 1. The van der Waals surface area contributed by atoms with Gasteiger partial charge < -0.3 is 4.74 Å². The van der Waals surface area contributed by atoms with Gasteiger partial charge in [0.2, 0.25) is 0 Å². The summed E-state index contributed by atoms with van der Waals surface area (Å²) in [6.07, 6.45) is 4.76. The highest BCUT2D eigenvalue weighted by Crippen LogP contribution is 2.39. The quantitative estimate of drug-likeness (QED) is 0.557. The van der Waals surface area contributed by atoms with Crippen LogP contribution in [-0.2, 0) is 11.2 Å². The average molecular weight is 357 g/mol. The molecule has 0 aliphatic heterocycles. The van der Waals surface area contributed by atoms with E-state index in [1.165, 1.54) is 5.56 Å². The van der Waals surface area contributed by atoms with Gasteiger partial charge in [-0.05, 0) is 31.4 Å². The minimum atomic E-state index is 0.000122. The molecule has 0 bridgehead atoms. The van der Waals surface area contributed by atoms with E-state index < -0.39 is 0 Å². The van der Waals surface area contributed by atoms with Crippen LogP contribution in [0.4, 0.5) is 0 Å². The maximum Gasteiger partial charge on any atom is 0.185 e. The van der Waals surface area contributed by atoms with Gasteiger partial charge in [-0.15, -0.1) is 10.2 Å². The van der Waals surface area contributed by atoms with Crippen molar-refractivity contribution in [3.8, 4) is 22.8 Å². The molecule has 134 valence electrons. The average Bonchev–Trinajstić information content (AvgIpc) is 3.18. The van der Waals surface area contributed by atoms with Gasteiger partial charge in [0.15, 0.2) is 11.5 Å². The summed E-state index contributed by atoms with van der Waals surface area (Å²) in [5.74, 6) is 0.741. The molecule has 1 aromatic carbocycles. The van der Waals surface area contributed by atoms with E-state index in [0.717, 1.165) is 53.2 Å². The van der Waals surface area contributed by atoms with Gasteiger partial charge >= 0.3 is 0 Å². The molecule has 6 heteroatoms. The molecule has 0 saturated heterocycles. The van der Waals surface area contributed by atoms with E-state index in [9.17, 15) is 0 Å². The molecule has 3 heterocycles. The first-order valence-electron chi connectivity index (χ1n) is 9.14. The predicted octanol–water partition coefficient (Wildman–Crippen LogP) is 3.88. The van der Waals surface area contributed by atoms with Gasteiger partial charge in [-0.1, -0.05) is 36.4 Å². The summed E-state index contributed by atoms with van der Waals surface area (Å²) >= 11 is 0. The lowest BCUT2D eigenvalue weighted by Gasteiger charge is -2.26. The highest BCUT2D eigenvalue weighted by molar-refractivity contribution is 5.69. The molecule has 0 spiro atoms. The first-order chi connectivity index (χ1) is 13.4. The fourth-order valence-electron chi connectivity index (χ4n) is 3.88. The smallest absolute Gasteiger partial charge is 0.185 e. The van der Waals surface area contributed by atoms with E-state index >= 15 is 0 Å². The molecule has 5 rings (SSSR count). The fraction of sp³-hybridized carbons (Fsp3) is 0.238. The van der Waals surface area contributed by atoms with Crippen LogP contribution in [-0.4, -0.2) is 31.9 Å². The van der Waals surface area contributed by atoms with Crippen LogP contribution >= 0.6 is 0 Å². The van der Waals surface area contributed by atoms with Crippen molar-refractivity contribution >= 4 is 5.65 Å². The summed E-state index contributed by atoms with van der Waals surface area (Å²) < 4.78 is 7.65. The number of aromatic nitrogens is 5. The zero-order valence-electron chi connectivity index (χ0n) is 15.0. The van der Waals surface area contributed by atoms with Crippen molar-refractivity contribution in [3.63, 3.8) is 0 Å². The number of pyridine rings is 1. The Morgan fingerprint density at radius 1 is 1.04 bits per heavy atom. The molecule has 1 atom stereocenters. The lowest BCUT2D eigenvalue weighted by Crippen LogP contribution is -2.17. The minimum absolute atomic E-state index is 0.000122. The van der Waals surface area contributed by atoms with E-state index in [2.05, 4.69) is 15.2 Å². The van der Waals surface area contributed by atoms with Crippen molar-refractivity contribution < 1.29 is 4.74 Å². The summed E-state index contributed by atoms with van der Waals surface area (Å²) in [4.78, 5) is 4.55. The molecule has 1 aliphatic carbocycles. The largest absolute Gasteiger partial charge is 0.377 e. The van der Waals surface area contributed by atoms with Crippen LogP contribution in [0.5, 0.6) is 0 Å². The maximum absolute atomic E-state index is 5.79. The van der Waals surface area contributed by atoms with Gasteiger partial charge in [-0.2, -0.15) is 9.61 Å². The van der Waals surface area contributed by atoms with Crippen molar-refractivity contribution in [2.24, 2.45) is 0 Å². The van der Waals surface area contributed by atoms with Crippen molar-refractivity contribution in [1.82, 2.24) is 24.8 Å². The van der Waals surface area contributed by atoms with Crippen LogP contribution in [0.2, 0.25) is 0 Å². The molecule has 3 aromatic heterocycles. The number of hydrogen-bond donors (Lipinski definition) is 0. The second-order valence-corrected chi connectivity index (χ2v) is 6.70. The van der Waals surface area contributed by atoms with Crippen LogP contribution in [0, 0.1) is 0 Å². The molecular formula is C21H19N5O. The Bertz CT molecular complexity index is 1090. The first-order valence-corrected chi connectivity index (χ1v) is 9.14. The van der Waals surface area contributed by atoms with Gasteiger partial charge in [-0.25, -0.2) is 0 Å². The topological polar surface area (TPSA) is 65.2 Å². The standard InChI is InChI=1S/C21H19N5O/c1-27-17-12-7-10-15-18(17)19(16-11-5-6-13-22-16)25-26-20(23-24-21(15)26)14-8-3-2-4-9-14/h2-6,8-9,11,13,17H,7,10,12H2,1H3. The summed E-state index contributed by atoms with van der Waals surface area (Å²) in [5, 5.41) is 13.9. The normalized spacial score (nSPS) is 16.4. The third-order valence-corrected chi connectivity index (χ3v) is 5.13. The third-order valence-electron chi connectivity index (χ3n) is 5.13. The lowest BCUT2D eigenvalue weighted by molar-refractivity contribution is 0.0883. The summed E-state index contributed by atoms with van der Waals surface area (Å²) in [5.41, 5.74) is 5.75. The number of aryl methyl sites for hydroxylation is 1. The van der Waals surface area contributed by atoms with E-state index in [1.54, 1.807) is 13.3 Å². The Labute approximate surface area is 156 Å². The zero-order valence-corrected chi connectivity index (χ0v) is 15.0. The molecule has 0 amide bonds. The Kier molecular flexibility index (Phi) is 3.90. The Balaban J connectivity index is 1.84. The number of rotatable bonds is 3. The zero-order chi connectivity index (χ0) is 18.2. The molecule has 0 radical (unpaired) electrons. The van der Waals surface area contributed by atoms with Crippen molar-refractivity contribution in [3.05, 3.63) is 65.9 Å². The predicted molar refractivity (Wildman–Crippen MR) is 102 cm³/mol. The van der Waals surface area contributed by atoms with E-state index in [1.807, 2.05) is 53.0 Å². The van der Waals surface area contributed by atoms with E-state index in [4.69, 9.17) is 9.84 Å². The number of nitrogens with zero attached hydrogens (tertiary/aromatic N) is 5. The van der Waals surface area contributed by atoms with Crippen molar-refractivity contribution in [2.45, 2.75) is 25.4 Å². The van der Waals surface area contributed by atoms with Gasteiger partial charge in [0.1, 0.15) is 5.69 Å². The molecule has 0 N–H and O–H groups in total. The Morgan fingerprint density at radius 3 is 2.67 bits per heavy atom. The molecule has 27 heavy (non-hydrogen) atoms. The Morgan fingerprint density at radius 2 is 1.89 bits per heavy atom. The minimum Gasteiger partial charge on any atom is -0.377 e. The SMILES string of the molecule is COC1CCCc2c1c(-c1ccccn1)nn1c(-c3ccccc3)nnc21. The number of methoxy groups -OCH3 is 1. The molecule has 0 saturated carbocycles. The second-order valence-electron chi connectivity index (χ2n) is 6.70. The van der Waals surface area contributed by atoms with Crippen LogP contribution < -0.4 is 0 Å². The molecule has 6 nitrogen and oxygen atoms in total. The van der Waals surface area contributed by atoms with Crippen molar-refractivity contribution in [1.29, 1.82) is 0 Å². The molecule has 4 aromatic rings. The number of hydrogen-bond acceptors (Lipinski definition) is 5. The van der Waals surface area contributed by atoms with Gasteiger partial charge in [0.05, 0.1) is 11.8 Å². The van der Waals surface area contributed by atoms with Gasteiger partial charge in [0, 0.05) is 30.0 Å². The lowest BCUT2D eigenvalue weighted by atomic mass is 9.88. The highest BCUT2D eigenvalue weighted by Gasteiger charge is 2.29. The summed E-state index contributed by atoms with van der Waals surface area (Å²) in [6, 6.07) is 15.9. The van der Waals surface area contributed by atoms with Gasteiger partial charge in [-0.3, -0.25) is 4.98 Å². The van der Waals surface area contributed by atoms with Crippen LogP contribution in [0.15, 0.2) is 54.7 Å². The van der Waals surface area contributed by atoms with Crippen LogP contribution in [0.3, 0.4) is 0 Å². The molecule has 1 unspecified atom stereocenters. The maximum atomic E-state index is 5.79. The summed E-state index contributed by atoms with van der Waals surface area (Å²) in [6.45, 7) is 0. The third kappa shape index (κ3) is 2.61.